The molecule has 0 atom stereocenters. The summed E-state index contributed by atoms with van der Waals surface area (Å²) in [6.45, 7) is 6.34. The number of rotatable bonds is 5. The number of hydrogen-bond acceptors (Lipinski definition) is 2. The quantitative estimate of drug-likeness (QED) is 0.783. The van der Waals surface area contributed by atoms with Gasteiger partial charge in [0, 0.05) is 6.54 Å². The van der Waals surface area contributed by atoms with Crippen molar-refractivity contribution < 1.29 is 9.18 Å². The van der Waals surface area contributed by atoms with Gasteiger partial charge in [0.05, 0.1) is 28.4 Å². The fourth-order valence-corrected chi connectivity index (χ4v) is 2.62. The van der Waals surface area contributed by atoms with Gasteiger partial charge in [0.15, 0.2) is 5.78 Å². The predicted molar refractivity (Wildman–Crippen MR) is 81.5 cm³/mol. The summed E-state index contributed by atoms with van der Waals surface area (Å²) in [7, 11) is 0. The smallest absolute Gasteiger partial charge is 0.171 e. The Morgan fingerprint density at radius 2 is 2.10 bits per heavy atom. The van der Waals surface area contributed by atoms with Gasteiger partial charge in [-0.15, -0.1) is 0 Å². The van der Waals surface area contributed by atoms with Crippen molar-refractivity contribution >= 4 is 17.4 Å². The zero-order chi connectivity index (χ0) is 15.6. The highest BCUT2D eigenvalue weighted by Gasteiger charge is 2.20. The molecule has 1 aromatic heterocycles. The first-order valence-corrected chi connectivity index (χ1v) is 7.39. The van der Waals surface area contributed by atoms with E-state index in [1.807, 2.05) is 20.8 Å². The third kappa shape index (κ3) is 3.16. The molecule has 0 amide bonds. The maximum atomic E-state index is 13.8. The Morgan fingerprint density at radius 1 is 1.38 bits per heavy atom. The second-order valence-corrected chi connectivity index (χ2v) is 5.34. The van der Waals surface area contributed by atoms with Crippen LogP contribution in [0.4, 0.5) is 4.39 Å². The van der Waals surface area contributed by atoms with Crippen LogP contribution in [0, 0.1) is 12.7 Å². The molecule has 5 heteroatoms. The van der Waals surface area contributed by atoms with Crippen LogP contribution in [0.2, 0.25) is 5.02 Å². The molecule has 0 aliphatic rings. The van der Waals surface area contributed by atoms with E-state index in [0.29, 0.717) is 23.7 Å². The van der Waals surface area contributed by atoms with E-state index in [1.165, 1.54) is 6.07 Å². The molecule has 0 fully saturated rings. The number of carbonyl (C=O) groups excluding carboxylic acids is 1. The van der Waals surface area contributed by atoms with Crippen molar-refractivity contribution in [1.29, 1.82) is 0 Å². The van der Waals surface area contributed by atoms with Gasteiger partial charge in [-0.05, 0) is 32.4 Å². The molecule has 0 N–H and O–H groups in total. The maximum Gasteiger partial charge on any atom is 0.171 e. The fraction of sp³-hybridized carbons (Fsp3) is 0.375. The summed E-state index contributed by atoms with van der Waals surface area (Å²) in [6.07, 6.45) is 0.756. The lowest BCUT2D eigenvalue weighted by Gasteiger charge is -2.06. The predicted octanol–water partition coefficient (Wildman–Crippen LogP) is 3.99. The number of Topliss-reactive ketones (excluding diaryl/α,β-unsaturated/α-hetero) is 1. The van der Waals surface area contributed by atoms with Gasteiger partial charge in [-0.1, -0.05) is 30.2 Å². The molecule has 0 unspecified atom stereocenters. The molecule has 0 saturated heterocycles. The molecule has 0 saturated carbocycles. The normalized spacial score (nSPS) is 10.9. The van der Waals surface area contributed by atoms with E-state index in [2.05, 4.69) is 5.10 Å². The second-order valence-electron chi connectivity index (χ2n) is 4.96. The van der Waals surface area contributed by atoms with Gasteiger partial charge in [0.25, 0.3) is 0 Å². The van der Waals surface area contributed by atoms with Crippen LogP contribution in [0.15, 0.2) is 18.2 Å². The molecule has 1 heterocycles. The highest BCUT2D eigenvalue weighted by Crippen LogP contribution is 2.24. The van der Waals surface area contributed by atoms with Crippen LogP contribution in [0.5, 0.6) is 0 Å². The molecule has 3 nitrogen and oxygen atoms in total. The van der Waals surface area contributed by atoms with Crippen molar-refractivity contribution in [3.05, 3.63) is 51.6 Å². The van der Waals surface area contributed by atoms with E-state index in [1.54, 1.807) is 16.8 Å². The van der Waals surface area contributed by atoms with Crippen LogP contribution in [-0.2, 0) is 19.4 Å². The van der Waals surface area contributed by atoms with Gasteiger partial charge < -0.3 is 0 Å². The Morgan fingerprint density at radius 3 is 2.71 bits per heavy atom. The Bertz CT molecular complexity index is 679. The second kappa shape index (κ2) is 6.39. The van der Waals surface area contributed by atoms with Crippen molar-refractivity contribution in [2.45, 2.75) is 40.2 Å². The van der Waals surface area contributed by atoms with Crippen molar-refractivity contribution in [1.82, 2.24) is 9.78 Å². The summed E-state index contributed by atoms with van der Waals surface area (Å²) in [5.41, 5.74) is 2.38. The topological polar surface area (TPSA) is 34.9 Å². The largest absolute Gasteiger partial charge is 0.294 e. The lowest BCUT2D eigenvalue weighted by Crippen LogP contribution is -2.11. The molecule has 21 heavy (non-hydrogen) atoms. The number of hydrogen-bond donors (Lipinski definition) is 0. The third-order valence-electron chi connectivity index (χ3n) is 3.44. The zero-order valence-electron chi connectivity index (χ0n) is 12.4. The molecule has 112 valence electrons. The van der Waals surface area contributed by atoms with E-state index in [9.17, 15) is 9.18 Å². The molecule has 0 radical (unpaired) electrons. The number of nitrogens with zero attached hydrogens (tertiary/aromatic N) is 2. The number of halogens is 2. The van der Waals surface area contributed by atoms with E-state index in [0.717, 1.165) is 11.3 Å². The lowest BCUT2D eigenvalue weighted by atomic mass is 10.0. The van der Waals surface area contributed by atoms with Crippen LogP contribution in [0.25, 0.3) is 0 Å². The molecule has 2 rings (SSSR count). The van der Waals surface area contributed by atoms with Gasteiger partial charge in [-0.2, -0.15) is 5.10 Å². The number of benzene rings is 1. The number of carbonyl (C=O) groups is 1. The summed E-state index contributed by atoms with van der Waals surface area (Å²) >= 11 is 6.28. The average molecular weight is 309 g/mol. The number of aromatic nitrogens is 2. The van der Waals surface area contributed by atoms with E-state index in [4.69, 9.17) is 11.6 Å². The van der Waals surface area contributed by atoms with Gasteiger partial charge in [-0.25, -0.2) is 4.39 Å². The molecule has 0 aliphatic heterocycles. The minimum Gasteiger partial charge on any atom is -0.294 e. The van der Waals surface area contributed by atoms with E-state index in [-0.39, 0.29) is 17.8 Å². The van der Waals surface area contributed by atoms with Crippen molar-refractivity contribution in [3.8, 4) is 0 Å². The molecule has 2 aromatic rings. The summed E-state index contributed by atoms with van der Waals surface area (Å²) in [5.74, 6) is -0.782. The van der Waals surface area contributed by atoms with E-state index < -0.39 is 5.82 Å². The van der Waals surface area contributed by atoms with Crippen molar-refractivity contribution in [3.63, 3.8) is 0 Å². The first-order chi connectivity index (χ1) is 9.97. The average Bonchev–Trinajstić information content (AvgIpc) is 2.77. The van der Waals surface area contributed by atoms with Crippen LogP contribution >= 0.6 is 11.6 Å². The first kappa shape index (κ1) is 15.7. The number of aryl methyl sites for hydroxylation is 3. The highest BCUT2D eigenvalue weighted by molar-refractivity contribution is 6.32. The van der Waals surface area contributed by atoms with Gasteiger partial charge in [-0.3, -0.25) is 9.48 Å². The lowest BCUT2D eigenvalue weighted by molar-refractivity contribution is 0.0986. The molecule has 1 aromatic carbocycles. The Hall–Kier alpha value is -1.68. The summed E-state index contributed by atoms with van der Waals surface area (Å²) in [6, 6.07) is 4.53. The molecule has 0 aliphatic carbocycles. The Balaban J connectivity index is 2.35. The fourth-order valence-electron chi connectivity index (χ4n) is 2.29. The van der Waals surface area contributed by atoms with Crippen LogP contribution in [-0.4, -0.2) is 15.6 Å². The minimum atomic E-state index is -0.500. The summed E-state index contributed by atoms with van der Waals surface area (Å²) in [5, 5.41) is 4.89. The molecular formula is C16H18ClFN2O. The summed E-state index contributed by atoms with van der Waals surface area (Å²) < 4.78 is 15.5. The third-order valence-corrected chi connectivity index (χ3v) is 3.88. The minimum absolute atomic E-state index is 0.0556. The van der Waals surface area contributed by atoms with Gasteiger partial charge in [0.2, 0.25) is 0 Å². The monoisotopic (exact) mass is 308 g/mol. The Kier molecular flexibility index (Phi) is 4.78. The number of ketones is 1. The van der Waals surface area contributed by atoms with Crippen molar-refractivity contribution in [2.75, 3.05) is 0 Å². The van der Waals surface area contributed by atoms with Crippen LogP contribution in [0.1, 0.15) is 41.2 Å². The Labute approximate surface area is 128 Å². The standard InChI is InChI=1S/C16H18ClFN2O/c1-4-13-16(17)14(20(5-2)19-13)9-15(21)11-8-10(3)6-7-12(11)18/h6-8H,4-5,9H2,1-3H3. The molecule has 0 spiro atoms. The summed E-state index contributed by atoms with van der Waals surface area (Å²) in [4.78, 5) is 12.4. The maximum absolute atomic E-state index is 13.8. The van der Waals surface area contributed by atoms with Crippen LogP contribution in [0.3, 0.4) is 0 Å². The molecular weight excluding hydrogens is 291 g/mol. The van der Waals surface area contributed by atoms with Crippen molar-refractivity contribution in [2.24, 2.45) is 0 Å². The SMILES string of the molecule is CCc1nn(CC)c(CC(=O)c2cc(C)ccc2F)c1Cl. The first-order valence-electron chi connectivity index (χ1n) is 7.01. The van der Waals surface area contributed by atoms with E-state index >= 15 is 0 Å². The molecule has 0 bridgehead atoms. The van der Waals surface area contributed by atoms with Gasteiger partial charge in [0.1, 0.15) is 5.82 Å². The van der Waals surface area contributed by atoms with Crippen LogP contribution < -0.4 is 0 Å². The zero-order valence-corrected chi connectivity index (χ0v) is 13.2. The van der Waals surface area contributed by atoms with Gasteiger partial charge >= 0.3 is 0 Å². The highest BCUT2D eigenvalue weighted by atomic mass is 35.5.